The molecule has 0 radical (unpaired) electrons. The number of likely N-dealkylation sites (tertiary alicyclic amines) is 1. The monoisotopic (exact) mass is 341 g/mol. The topological polar surface area (TPSA) is 66.6 Å². The molecule has 0 atom stereocenters. The van der Waals surface area contributed by atoms with E-state index >= 15 is 0 Å². The zero-order valence-electron chi connectivity index (χ0n) is 14.7. The smallest absolute Gasteiger partial charge is 0.233 e. The van der Waals surface area contributed by atoms with E-state index in [0.29, 0.717) is 18.9 Å². The van der Waals surface area contributed by atoms with Crippen molar-refractivity contribution in [3.63, 3.8) is 0 Å². The van der Waals surface area contributed by atoms with Crippen LogP contribution in [-0.2, 0) is 9.59 Å². The maximum Gasteiger partial charge on any atom is 0.233 e. The first kappa shape index (κ1) is 16.6. The molecule has 25 heavy (non-hydrogen) atoms. The fourth-order valence-electron chi connectivity index (χ4n) is 4.35. The lowest BCUT2D eigenvalue weighted by atomic mass is 9.77. The van der Waals surface area contributed by atoms with Crippen molar-refractivity contribution in [2.75, 3.05) is 31.1 Å². The number of benzene rings is 1. The lowest BCUT2D eigenvalue weighted by molar-refractivity contribution is -0.128. The number of hydrogen-bond acceptors (Lipinski definition) is 3. The van der Waals surface area contributed by atoms with Gasteiger partial charge in [-0.25, -0.2) is 0 Å². The summed E-state index contributed by atoms with van der Waals surface area (Å²) in [6.07, 6.45) is 5.73. The molecule has 5 nitrogen and oxygen atoms in total. The molecule has 2 aliphatic heterocycles. The van der Waals surface area contributed by atoms with Gasteiger partial charge in [0.1, 0.15) is 0 Å². The van der Waals surface area contributed by atoms with E-state index in [1.165, 1.54) is 18.4 Å². The summed E-state index contributed by atoms with van der Waals surface area (Å²) in [5.74, 6) is 0.790. The van der Waals surface area contributed by atoms with E-state index in [9.17, 15) is 9.59 Å². The van der Waals surface area contributed by atoms with Crippen LogP contribution >= 0.6 is 0 Å². The number of piperidine rings is 1. The Bertz CT molecular complexity index is 658. The van der Waals surface area contributed by atoms with Crippen LogP contribution < -0.4 is 10.6 Å². The van der Waals surface area contributed by atoms with Gasteiger partial charge in [0, 0.05) is 25.2 Å². The fourth-order valence-corrected chi connectivity index (χ4v) is 4.35. The van der Waals surface area contributed by atoms with Crippen LogP contribution in [0.1, 0.15) is 50.0 Å². The van der Waals surface area contributed by atoms with Crippen molar-refractivity contribution in [1.82, 2.24) is 4.90 Å². The van der Waals surface area contributed by atoms with Gasteiger partial charge in [0.2, 0.25) is 11.8 Å². The van der Waals surface area contributed by atoms with Crippen LogP contribution in [0.25, 0.3) is 0 Å². The van der Waals surface area contributed by atoms with Crippen molar-refractivity contribution >= 4 is 17.5 Å². The van der Waals surface area contributed by atoms with Crippen LogP contribution in [0.5, 0.6) is 0 Å². The van der Waals surface area contributed by atoms with Crippen molar-refractivity contribution in [2.45, 2.75) is 44.4 Å². The Morgan fingerprint density at radius 2 is 1.72 bits per heavy atom. The second-order valence-corrected chi connectivity index (χ2v) is 7.91. The largest absolute Gasteiger partial charge is 0.370 e. The third-order valence-corrected chi connectivity index (χ3v) is 6.25. The van der Waals surface area contributed by atoms with Gasteiger partial charge < -0.3 is 15.5 Å². The molecule has 2 heterocycles. The molecular weight excluding hydrogens is 314 g/mol. The van der Waals surface area contributed by atoms with Crippen LogP contribution in [0.2, 0.25) is 0 Å². The van der Waals surface area contributed by atoms with Crippen molar-refractivity contribution in [3.8, 4) is 0 Å². The molecule has 3 fully saturated rings. The Morgan fingerprint density at radius 1 is 1.08 bits per heavy atom. The maximum atomic E-state index is 13.1. The Labute approximate surface area is 149 Å². The van der Waals surface area contributed by atoms with Gasteiger partial charge in [-0.3, -0.25) is 9.59 Å². The maximum absolute atomic E-state index is 13.1. The number of rotatable bonds is 5. The SMILES string of the molecule is NC(=O)CCN1CCC2(CC1)CCN(c1ccc(C3CC3)cc1)C2=O. The number of nitrogens with zero attached hydrogens (tertiary/aromatic N) is 2. The lowest BCUT2D eigenvalue weighted by Gasteiger charge is -2.37. The first-order valence-corrected chi connectivity index (χ1v) is 9.50. The summed E-state index contributed by atoms with van der Waals surface area (Å²) in [6.45, 7) is 3.30. The molecule has 0 aromatic heterocycles. The van der Waals surface area contributed by atoms with Crippen LogP contribution in [0, 0.1) is 5.41 Å². The van der Waals surface area contributed by atoms with E-state index in [-0.39, 0.29) is 11.3 Å². The molecule has 1 saturated carbocycles. The van der Waals surface area contributed by atoms with Crippen molar-refractivity contribution < 1.29 is 9.59 Å². The van der Waals surface area contributed by atoms with Crippen molar-refractivity contribution in [1.29, 1.82) is 0 Å². The number of carbonyl (C=O) groups is 2. The van der Waals surface area contributed by atoms with E-state index in [1.54, 1.807) is 0 Å². The molecule has 1 aliphatic carbocycles. The van der Waals surface area contributed by atoms with E-state index in [1.807, 2.05) is 4.90 Å². The Balaban J connectivity index is 1.39. The Kier molecular flexibility index (Phi) is 4.28. The number of carbonyl (C=O) groups excluding carboxylic acids is 2. The summed E-state index contributed by atoms with van der Waals surface area (Å²) < 4.78 is 0. The summed E-state index contributed by atoms with van der Waals surface area (Å²) in [6, 6.07) is 8.62. The number of amides is 2. The molecule has 1 aromatic carbocycles. The Morgan fingerprint density at radius 3 is 2.32 bits per heavy atom. The zero-order chi connectivity index (χ0) is 17.4. The van der Waals surface area contributed by atoms with Gasteiger partial charge >= 0.3 is 0 Å². The van der Waals surface area contributed by atoms with Crippen LogP contribution in [-0.4, -0.2) is 42.9 Å². The van der Waals surface area contributed by atoms with E-state index in [2.05, 4.69) is 29.2 Å². The number of nitrogens with two attached hydrogens (primary N) is 1. The summed E-state index contributed by atoms with van der Waals surface area (Å²) in [7, 11) is 0. The highest BCUT2D eigenvalue weighted by molar-refractivity contribution is 6.00. The molecule has 4 rings (SSSR count). The summed E-state index contributed by atoms with van der Waals surface area (Å²) in [5, 5.41) is 0. The average Bonchev–Trinajstić information content (AvgIpc) is 3.42. The molecule has 2 saturated heterocycles. The predicted octanol–water partition coefficient (Wildman–Crippen LogP) is 2.26. The molecule has 0 unspecified atom stereocenters. The predicted molar refractivity (Wildman–Crippen MR) is 97.3 cm³/mol. The first-order valence-electron chi connectivity index (χ1n) is 9.50. The van der Waals surface area contributed by atoms with E-state index in [4.69, 9.17) is 5.73 Å². The van der Waals surface area contributed by atoms with Crippen molar-refractivity contribution in [3.05, 3.63) is 29.8 Å². The van der Waals surface area contributed by atoms with Gasteiger partial charge in [0.05, 0.1) is 5.41 Å². The molecule has 1 spiro atoms. The molecule has 134 valence electrons. The molecule has 2 amide bonds. The molecular formula is C20H27N3O2. The average molecular weight is 341 g/mol. The van der Waals surface area contributed by atoms with Gasteiger partial charge in [0.15, 0.2) is 0 Å². The molecule has 5 heteroatoms. The third kappa shape index (κ3) is 3.30. The molecule has 2 N–H and O–H groups in total. The van der Waals surface area contributed by atoms with Crippen LogP contribution in [0.3, 0.4) is 0 Å². The molecule has 3 aliphatic rings. The lowest BCUT2D eigenvalue weighted by Crippen LogP contribution is -2.45. The van der Waals surface area contributed by atoms with Gasteiger partial charge in [0.25, 0.3) is 0 Å². The Hall–Kier alpha value is -1.88. The van der Waals surface area contributed by atoms with Gasteiger partial charge in [-0.1, -0.05) is 12.1 Å². The second kappa shape index (κ2) is 6.45. The van der Waals surface area contributed by atoms with Crippen molar-refractivity contribution in [2.24, 2.45) is 11.1 Å². The minimum Gasteiger partial charge on any atom is -0.370 e. The standard InChI is InChI=1S/C20H27N3O2/c21-18(24)7-11-22-12-8-20(9-13-22)10-14-23(19(20)25)17-5-3-16(4-6-17)15-1-2-15/h3-6,15H,1-2,7-14H2,(H2,21,24). The third-order valence-electron chi connectivity index (χ3n) is 6.25. The minimum absolute atomic E-state index is 0.196. The highest BCUT2D eigenvalue weighted by atomic mass is 16.2. The van der Waals surface area contributed by atoms with Gasteiger partial charge in [-0.05, 0) is 68.8 Å². The normalized spacial score (nSPS) is 23.4. The number of primary amides is 1. The highest BCUT2D eigenvalue weighted by Crippen LogP contribution is 2.44. The fraction of sp³-hybridized carbons (Fsp3) is 0.600. The quantitative estimate of drug-likeness (QED) is 0.893. The summed E-state index contributed by atoms with van der Waals surface area (Å²) in [5.41, 5.74) is 7.49. The number of anilines is 1. The van der Waals surface area contributed by atoms with E-state index in [0.717, 1.165) is 50.5 Å². The molecule has 0 bridgehead atoms. The molecule has 1 aromatic rings. The second-order valence-electron chi connectivity index (χ2n) is 7.91. The van der Waals surface area contributed by atoms with E-state index < -0.39 is 0 Å². The van der Waals surface area contributed by atoms with Gasteiger partial charge in [-0.15, -0.1) is 0 Å². The van der Waals surface area contributed by atoms with Crippen LogP contribution in [0.15, 0.2) is 24.3 Å². The van der Waals surface area contributed by atoms with Crippen LogP contribution in [0.4, 0.5) is 5.69 Å². The highest BCUT2D eigenvalue weighted by Gasteiger charge is 2.48. The van der Waals surface area contributed by atoms with Gasteiger partial charge in [-0.2, -0.15) is 0 Å². The summed E-state index contributed by atoms with van der Waals surface area (Å²) >= 11 is 0. The summed E-state index contributed by atoms with van der Waals surface area (Å²) in [4.78, 5) is 28.3. The zero-order valence-corrected chi connectivity index (χ0v) is 14.7. The minimum atomic E-state index is -0.252. The number of hydrogen-bond donors (Lipinski definition) is 1. The first-order chi connectivity index (χ1) is 12.1.